The lowest BCUT2D eigenvalue weighted by atomic mass is 10.0. The number of rotatable bonds is 8. The minimum absolute atomic E-state index is 0.231. The highest BCUT2D eigenvalue weighted by Crippen LogP contribution is 2.03. The summed E-state index contributed by atoms with van der Waals surface area (Å²) in [6.45, 7) is 2.83. The molecule has 0 radical (unpaired) electrons. The smallest absolute Gasteiger partial charge is 0.322 e. The van der Waals surface area contributed by atoms with E-state index in [0.717, 1.165) is 0 Å². The van der Waals surface area contributed by atoms with E-state index in [-0.39, 0.29) is 18.8 Å². The van der Waals surface area contributed by atoms with Gasteiger partial charge in [-0.25, -0.2) is 0 Å². The molecule has 8 nitrogen and oxygen atoms in total. The molecule has 0 saturated heterocycles. The van der Waals surface area contributed by atoms with E-state index >= 15 is 0 Å². The van der Waals surface area contributed by atoms with Crippen LogP contribution in [0, 0.1) is 5.92 Å². The first-order chi connectivity index (χ1) is 8.73. The van der Waals surface area contributed by atoms with Gasteiger partial charge in [-0.3, -0.25) is 19.2 Å². The fraction of sp³-hybridized carbons (Fsp3) is 0.636. The molecule has 0 spiro atoms. The van der Waals surface area contributed by atoms with Crippen molar-refractivity contribution in [1.29, 1.82) is 0 Å². The number of carbonyl (C=O) groups excluding carboxylic acids is 2. The summed E-state index contributed by atoms with van der Waals surface area (Å²) in [5, 5.41) is 21.4. The van der Waals surface area contributed by atoms with Crippen LogP contribution in [0.4, 0.5) is 0 Å². The Morgan fingerprint density at radius 2 is 1.58 bits per heavy atom. The molecule has 19 heavy (non-hydrogen) atoms. The van der Waals surface area contributed by atoms with E-state index in [1.165, 1.54) is 0 Å². The highest BCUT2D eigenvalue weighted by Gasteiger charge is 2.24. The third-order valence-electron chi connectivity index (χ3n) is 2.25. The Kier molecular flexibility index (Phi) is 7.16. The van der Waals surface area contributed by atoms with Crippen LogP contribution in [0.25, 0.3) is 0 Å². The molecule has 0 unspecified atom stereocenters. The molecule has 1 atom stereocenters. The topological polar surface area (TPSA) is 133 Å². The monoisotopic (exact) mass is 274 g/mol. The van der Waals surface area contributed by atoms with Crippen molar-refractivity contribution in [1.82, 2.24) is 10.6 Å². The van der Waals surface area contributed by atoms with Gasteiger partial charge >= 0.3 is 11.9 Å². The Morgan fingerprint density at radius 1 is 1.00 bits per heavy atom. The summed E-state index contributed by atoms with van der Waals surface area (Å²) in [7, 11) is 0. The van der Waals surface area contributed by atoms with Crippen molar-refractivity contribution in [2.75, 3.05) is 6.54 Å². The second kappa shape index (κ2) is 8.06. The summed E-state index contributed by atoms with van der Waals surface area (Å²) >= 11 is 0. The summed E-state index contributed by atoms with van der Waals surface area (Å²) < 4.78 is 0. The molecule has 0 aromatic heterocycles. The third kappa shape index (κ3) is 7.74. The van der Waals surface area contributed by atoms with Crippen LogP contribution in [-0.2, 0) is 19.2 Å². The van der Waals surface area contributed by atoms with Crippen molar-refractivity contribution >= 4 is 23.8 Å². The Balaban J connectivity index is 4.39. The Morgan fingerprint density at radius 3 is 2.00 bits per heavy atom. The summed E-state index contributed by atoms with van der Waals surface area (Å²) in [6.07, 6.45) is -0.557. The van der Waals surface area contributed by atoms with E-state index in [4.69, 9.17) is 10.2 Å². The molecule has 0 bridgehead atoms. The molecule has 0 heterocycles. The third-order valence-corrected chi connectivity index (χ3v) is 2.25. The number of aliphatic carboxylic acids is 2. The zero-order valence-electron chi connectivity index (χ0n) is 10.8. The fourth-order valence-electron chi connectivity index (χ4n) is 1.27. The lowest BCUT2D eigenvalue weighted by molar-refractivity contribution is -0.140. The van der Waals surface area contributed by atoms with Crippen molar-refractivity contribution in [2.45, 2.75) is 32.7 Å². The van der Waals surface area contributed by atoms with Gasteiger partial charge in [0, 0.05) is 6.42 Å². The summed E-state index contributed by atoms with van der Waals surface area (Å²) in [5.74, 6) is -3.71. The quantitative estimate of drug-likeness (QED) is 0.457. The SMILES string of the molecule is CC(C)[C@H](NC(=O)CCC(=O)O)C(=O)NCC(=O)O. The molecule has 0 aliphatic rings. The molecule has 108 valence electrons. The van der Waals surface area contributed by atoms with E-state index in [1.807, 2.05) is 0 Å². The first-order valence-electron chi connectivity index (χ1n) is 5.74. The second-order valence-corrected chi connectivity index (χ2v) is 4.29. The number of hydrogen-bond acceptors (Lipinski definition) is 4. The van der Waals surface area contributed by atoms with Crippen molar-refractivity contribution in [3.8, 4) is 0 Å². The van der Waals surface area contributed by atoms with Crippen LogP contribution in [0.5, 0.6) is 0 Å². The predicted molar refractivity (Wildman–Crippen MR) is 64.3 cm³/mol. The largest absolute Gasteiger partial charge is 0.481 e. The molecule has 0 aromatic rings. The van der Waals surface area contributed by atoms with Crippen LogP contribution in [0.3, 0.4) is 0 Å². The minimum Gasteiger partial charge on any atom is -0.481 e. The molecule has 0 rings (SSSR count). The maximum atomic E-state index is 11.7. The summed E-state index contributed by atoms with van der Waals surface area (Å²) in [6, 6.07) is -0.888. The normalized spacial score (nSPS) is 11.7. The Labute approximate surface area is 110 Å². The molecular formula is C11H18N2O6. The highest BCUT2D eigenvalue weighted by molar-refractivity contribution is 5.90. The lowest BCUT2D eigenvalue weighted by Crippen LogP contribution is -2.50. The average Bonchev–Trinajstić information content (AvgIpc) is 2.29. The van der Waals surface area contributed by atoms with Gasteiger partial charge in [0.15, 0.2) is 0 Å². The van der Waals surface area contributed by atoms with Gasteiger partial charge in [-0.2, -0.15) is 0 Å². The van der Waals surface area contributed by atoms with Gasteiger partial charge in [0.1, 0.15) is 12.6 Å². The van der Waals surface area contributed by atoms with E-state index in [9.17, 15) is 19.2 Å². The summed E-state index contributed by atoms with van der Waals surface area (Å²) in [5.41, 5.74) is 0. The first kappa shape index (κ1) is 16.9. The molecule has 0 aromatic carbocycles. The van der Waals surface area contributed by atoms with E-state index in [2.05, 4.69) is 10.6 Å². The zero-order valence-corrected chi connectivity index (χ0v) is 10.8. The zero-order chi connectivity index (χ0) is 15.0. The number of amides is 2. The van der Waals surface area contributed by atoms with Crippen molar-refractivity contribution < 1.29 is 29.4 Å². The van der Waals surface area contributed by atoms with Crippen LogP contribution in [-0.4, -0.2) is 46.6 Å². The first-order valence-corrected chi connectivity index (χ1v) is 5.74. The standard InChI is InChI=1S/C11H18N2O6/c1-6(2)10(11(19)12-5-9(17)18)13-7(14)3-4-8(15)16/h6,10H,3-5H2,1-2H3,(H,12,19)(H,13,14)(H,15,16)(H,17,18)/t10-/m0/s1. The number of nitrogens with one attached hydrogen (secondary N) is 2. The number of carboxylic acids is 2. The molecule has 0 fully saturated rings. The van der Waals surface area contributed by atoms with Gasteiger partial charge in [0.25, 0.3) is 0 Å². The molecule has 0 aliphatic heterocycles. The molecule has 8 heteroatoms. The fourth-order valence-corrected chi connectivity index (χ4v) is 1.27. The molecule has 2 amide bonds. The van der Waals surface area contributed by atoms with E-state index < -0.39 is 36.3 Å². The van der Waals surface area contributed by atoms with Gasteiger partial charge in [-0.05, 0) is 5.92 Å². The van der Waals surface area contributed by atoms with E-state index in [0.29, 0.717) is 0 Å². The highest BCUT2D eigenvalue weighted by atomic mass is 16.4. The van der Waals surface area contributed by atoms with Gasteiger partial charge < -0.3 is 20.8 Å². The maximum Gasteiger partial charge on any atom is 0.322 e. The van der Waals surface area contributed by atoms with Gasteiger partial charge in [-0.1, -0.05) is 13.8 Å². The number of carboxylic acid groups (broad SMARTS) is 2. The number of carbonyl (C=O) groups is 4. The second-order valence-electron chi connectivity index (χ2n) is 4.29. The maximum absolute atomic E-state index is 11.7. The predicted octanol–water partition coefficient (Wildman–Crippen LogP) is -0.807. The van der Waals surface area contributed by atoms with Crippen LogP contribution in [0.15, 0.2) is 0 Å². The van der Waals surface area contributed by atoms with Gasteiger partial charge in [0.05, 0.1) is 6.42 Å². The van der Waals surface area contributed by atoms with Crippen LogP contribution in [0.2, 0.25) is 0 Å². The molecular weight excluding hydrogens is 256 g/mol. The Hall–Kier alpha value is -2.12. The van der Waals surface area contributed by atoms with Crippen LogP contribution in [0.1, 0.15) is 26.7 Å². The average molecular weight is 274 g/mol. The van der Waals surface area contributed by atoms with Crippen LogP contribution < -0.4 is 10.6 Å². The minimum atomic E-state index is -1.19. The van der Waals surface area contributed by atoms with Crippen molar-refractivity contribution in [2.24, 2.45) is 5.92 Å². The van der Waals surface area contributed by atoms with E-state index in [1.54, 1.807) is 13.8 Å². The van der Waals surface area contributed by atoms with Crippen LogP contribution >= 0.6 is 0 Å². The summed E-state index contributed by atoms with van der Waals surface area (Å²) in [4.78, 5) is 43.7. The van der Waals surface area contributed by atoms with Crippen molar-refractivity contribution in [3.63, 3.8) is 0 Å². The van der Waals surface area contributed by atoms with Gasteiger partial charge in [0.2, 0.25) is 11.8 Å². The van der Waals surface area contributed by atoms with Crippen molar-refractivity contribution in [3.05, 3.63) is 0 Å². The molecule has 4 N–H and O–H groups in total. The van der Waals surface area contributed by atoms with Gasteiger partial charge in [-0.15, -0.1) is 0 Å². The Bertz CT molecular complexity index is 366. The molecule has 0 saturated carbocycles. The molecule has 0 aliphatic carbocycles. The lowest BCUT2D eigenvalue weighted by Gasteiger charge is -2.21. The number of hydrogen-bond donors (Lipinski definition) is 4.